The Morgan fingerprint density at radius 2 is 1.71 bits per heavy atom. The van der Waals surface area contributed by atoms with Crippen LogP contribution in [-0.2, 0) is 0 Å². The van der Waals surface area contributed by atoms with Crippen LogP contribution in [0, 0.1) is 11.3 Å². The predicted octanol–water partition coefficient (Wildman–Crippen LogP) is 3.57. The molecule has 0 bridgehead atoms. The van der Waals surface area contributed by atoms with Crippen molar-refractivity contribution in [3.63, 3.8) is 0 Å². The Morgan fingerprint density at radius 1 is 1.04 bits per heavy atom. The van der Waals surface area contributed by atoms with Crippen LogP contribution in [0.4, 0.5) is 16.2 Å². The SMILES string of the molecule is N#Cc1ccccc1NC(=O)N1CCN(c2ccc(Cl)cc2)CC1. The average molecular weight is 341 g/mol. The number of nitrogens with one attached hydrogen (secondary N) is 1. The minimum absolute atomic E-state index is 0.173. The highest BCUT2D eigenvalue weighted by Gasteiger charge is 2.21. The van der Waals surface area contributed by atoms with Gasteiger partial charge in [0.2, 0.25) is 0 Å². The second-order valence-corrected chi connectivity index (χ2v) is 5.97. The first-order chi connectivity index (χ1) is 11.7. The van der Waals surface area contributed by atoms with Gasteiger partial charge < -0.3 is 15.1 Å². The second-order valence-electron chi connectivity index (χ2n) is 5.54. The molecule has 1 heterocycles. The van der Waals surface area contributed by atoms with Crippen molar-refractivity contribution in [2.24, 2.45) is 0 Å². The molecule has 2 amide bonds. The average Bonchev–Trinajstić information content (AvgIpc) is 2.63. The van der Waals surface area contributed by atoms with E-state index < -0.39 is 0 Å². The van der Waals surface area contributed by atoms with E-state index in [9.17, 15) is 4.79 Å². The number of carbonyl (C=O) groups is 1. The lowest BCUT2D eigenvalue weighted by atomic mass is 10.2. The highest BCUT2D eigenvalue weighted by molar-refractivity contribution is 6.30. The first-order valence-electron chi connectivity index (χ1n) is 7.73. The van der Waals surface area contributed by atoms with E-state index in [0.717, 1.165) is 18.8 Å². The molecule has 1 aliphatic heterocycles. The molecule has 3 rings (SSSR count). The Balaban J connectivity index is 1.59. The van der Waals surface area contributed by atoms with Crippen LogP contribution in [0.2, 0.25) is 5.02 Å². The summed E-state index contributed by atoms with van der Waals surface area (Å²) in [6, 6.07) is 16.6. The maximum atomic E-state index is 12.4. The van der Waals surface area contributed by atoms with E-state index in [4.69, 9.17) is 16.9 Å². The molecule has 0 unspecified atom stereocenters. The summed E-state index contributed by atoms with van der Waals surface area (Å²) in [5.74, 6) is 0. The minimum atomic E-state index is -0.173. The first kappa shape index (κ1) is 16.2. The van der Waals surface area contributed by atoms with Crippen molar-refractivity contribution in [3.05, 3.63) is 59.1 Å². The molecule has 2 aromatic rings. The Morgan fingerprint density at radius 3 is 2.38 bits per heavy atom. The van der Waals surface area contributed by atoms with Crippen LogP contribution in [-0.4, -0.2) is 37.1 Å². The number of hydrogen-bond acceptors (Lipinski definition) is 3. The number of halogens is 1. The number of amides is 2. The largest absolute Gasteiger partial charge is 0.368 e. The van der Waals surface area contributed by atoms with Gasteiger partial charge in [-0.05, 0) is 36.4 Å². The molecule has 0 radical (unpaired) electrons. The van der Waals surface area contributed by atoms with Crippen LogP contribution in [0.15, 0.2) is 48.5 Å². The number of nitrogens with zero attached hydrogens (tertiary/aromatic N) is 3. The predicted molar refractivity (Wildman–Crippen MR) is 95.4 cm³/mol. The zero-order chi connectivity index (χ0) is 16.9. The first-order valence-corrected chi connectivity index (χ1v) is 8.11. The van der Waals surface area contributed by atoms with Crippen molar-refractivity contribution < 1.29 is 4.79 Å². The number of rotatable bonds is 2. The van der Waals surface area contributed by atoms with Gasteiger partial charge in [0.25, 0.3) is 0 Å². The van der Waals surface area contributed by atoms with E-state index in [-0.39, 0.29) is 6.03 Å². The number of urea groups is 1. The molecular weight excluding hydrogens is 324 g/mol. The van der Waals surface area contributed by atoms with Crippen molar-refractivity contribution in [2.45, 2.75) is 0 Å². The van der Waals surface area contributed by atoms with E-state index in [1.165, 1.54) is 0 Å². The molecule has 1 saturated heterocycles. The van der Waals surface area contributed by atoms with Crippen LogP contribution in [0.25, 0.3) is 0 Å². The zero-order valence-electron chi connectivity index (χ0n) is 13.1. The fourth-order valence-electron chi connectivity index (χ4n) is 2.70. The third-order valence-electron chi connectivity index (χ3n) is 4.05. The van der Waals surface area contributed by atoms with Gasteiger partial charge in [0.15, 0.2) is 0 Å². The molecule has 0 spiro atoms. The summed E-state index contributed by atoms with van der Waals surface area (Å²) in [6.45, 7) is 2.77. The van der Waals surface area contributed by atoms with Gasteiger partial charge in [-0.25, -0.2) is 4.79 Å². The highest BCUT2D eigenvalue weighted by Crippen LogP contribution is 2.20. The van der Waals surface area contributed by atoms with Gasteiger partial charge in [-0.2, -0.15) is 5.26 Å². The molecule has 6 heteroatoms. The molecule has 122 valence electrons. The Kier molecular flexibility index (Phi) is 4.88. The number of nitriles is 1. The van der Waals surface area contributed by atoms with E-state index in [1.807, 2.05) is 24.3 Å². The molecule has 1 N–H and O–H groups in total. The Hall–Kier alpha value is -2.71. The molecule has 0 saturated carbocycles. The van der Waals surface area contributed by atoms with Crippen LogP contribution in [0.5, 0.6) is 0 Å². The second kappa shape index (κ2) is 7.24. The molecule has 0 aromatic heterocycles. The standard InChI is InChI=1S/C18H17ClN4O/c19-15-5-7-16(8-6-15)22-9-11-23(12-10-22)18(24)21-17-4-2-1-3-14(17)13-20/h1-8H,9-12H2,(H,21,24). The lowest BCUT2D eigenvalue weighted by molar-refractivity contribution is 0.208. The van der Waals surface area contributed by atoms with E-state index in [2.05, 4.69) is 16.3 Å². The fraction of sp³-hybridized carbons (Fsp3) is 0.222. The molecular formula is C18H17ClN4O. The van der Waals surface area contributed by atoms with Crippen LogP contribution >= 0.6 is 11.6 Å². The van der Waals surface area contributed by atoms with E-state index in [0.29, 0.717) is 29.4 Å². The smallest absolute Gasteiger partial charge is 0.322 e. The normalized spacial score (nSPS) is 14.2. The monoisotopic (exact) mass is 340 g/mol. The molecule has 2 aromatic carbocycles. The number of para-hydroxylation sites is 1. The van der Waals surface area contributed by atoms with Crippen molar-refractivity contribution in [2.75, 3.05) is 36.4 Å². The molecule has 5 nitrogen and oxygen atoms in total. The summed E-state index contributed by atoms with van der Waals surface area (Å²) in [5.41, 5.74) is 2.12. The molecule has 0 atom stereocenters. The molecule has 1 fully saturated rings. The third-order valence-corrected chi connectivity index (χ3v) is 4.30. The summed E-state index contributed by atoms with van der Waals surface area (Å²) < 4.78 is 0. The van der Waals surface area contributed by atoms with Crippen LogP contribution < -0.4 is 10.2 Å². The maximum absolute atomic E-state index is 12.4. The fourth-order valence-corrected chi connectivity index (χ4v) is 2.83. The van der Waals surface area contributed by atoms with Crippen molar-refractivity contribution in [1.29, 1.82) is 5.26 Å². The van der Waals surface area contributed by atoms with Crippen molar-refractivity contribution >= 4 is 29.0 Å². The summed E-state index contributed by atoms with van der Waals surface area (Å²) in [6.07, 6.45) is 0. The number of piperazine rings is 1. The van der Waals surface area contributed by atoms with E-state index >= 15 is 0 Å². The van der Waals surface area contributed by atoms with Crippen molar-refractivity contribution in [1.82, 2.24) is 4.90 Å². The van der Waals surface area contributed by atoms with Crippen molar-refractivity contribution in [3.8, 4) is 6.07 Å². The minimum Gasteiger partial charge on any atom is -0.368 e. The summed E-state index contributed by atoms with van der Waals surface area (Å²) >= 11 is 5.91. The van der Waals surface area contributed by atoms with Gasteiger partial charge in [0, 0.05) is 36.9 Å². The lowest BCUT2D eigenvalue weighted by Crippen LogP contribution is -2.50. The summed E-state index contributed by atoms with van der Waals surface area (Å²) in [4.78, 5) is 16.4. The summed E-state index contributed by atoms with van der Waals surface area (Å²) in [5, 5.41) is 12.6. The van der Waals surface area contributed by atoms with Crippen LogP contribution in [0.3, 0.4) is 0 Å². The van der Waals surface area contributed by atoms with Gasteiger partial charge in [-0.15, -0.1) is 0 Å². The zero-order valence-corrected chi connectivity index (χ0v) is 13.8. The van der Waals surface area contributed by atoms with Gasteiger partial charge in [-0.1, -0.05) is 23.7 Å². The van der Waals surface area contributed by atoms with Gasteiger partial charge in [0.1, 0.15) is 6.07 Å². The topological polar surface area (TPSA) is 59.4 Å². The van der Waals surface area contributed by atoms with Gasteiger partial charge in [-0.3, -0.25) is 0 Å². The maximum Gasteiger partial charge on any atom is 0.322 e. The quantitative estimate of drug-likeness (QED) is 0.909. The number of anilines is 2. The third kappa shape index (κ3) is 3.61. The molecule has 24 heavy (non-hydrogen) atoms. The number of carbonyl (C=O) groups excluding carboxylic acids is 1. The Labute approximate surface area is 146 Å². The van der Waals surface area contributed by atoms with Crippen LogP contribution in [0.1, 0.15) is 5.56 Å². The number of hydrogen-bond donors (Lipinski definition) is 1. The summed E-state index contributed by atoms with van der Waals surface area (Å²) in [7, 11) is 0. The highest BCUT2D eigenvalue weighted by atomic mass is 35.5. The van der Waals surface area contributed by atoms with Gasteiger partial charge >= 0.3 is 6.03 Å². The number of benzene rings is 2. The Bertz CT molecular complexity index is 761. The molecule has 0 aliphatic carbocycles. The molecule has 1 aliphatic rings. The lowest BCUT2D eigenvalue weighted by Gasteiger charge is -2.36. The van der Waals surface area contributed by atoms with E-state index in [1.54, 1.807) is 29.2 Å². The van der Waals surface area contributed by atoms with Gasteiger partial charge in [0.05, 0.1) is 11.3 Å².